The molecule has 0 heterocycles. The van der Waals surface area contributed by atoms with Crippen molar-refractivity contribution < 1.29 is 78.3 Å². The number of benzene rings is 2. The summed E-state index contributed by atoms with van der Waals surface area (Å²) >= 11 is 6.17. The summed E-state index contributed by atoms with van der Waals surface area (Å²) < 4.78 is 110. The van der Waals surface area contributed by atoms with Gasteiger partial charge < -0.3 is 32.7 Å². The Balaban J connectivity index is 0.000000499. The van der Waals surface area contributed by atoms with Crippen molar-refractivity contribution in [1.82, 2.24) is 0 Å². The first-order chi connectivity index (χ1) is 26.6. The Kier molecular flexibility index (Phi) is 18.5. The van der Waals surface area contributed by atoms with Crippen LogP contribution in [0.25, 0.3) is 0 Å². The quantitative estimate of drug-likeness (QED) is 0.0490. The Morgan fingerprint density at radius 1 is 0.912 bits per heavy atom. The van der Waals surface area contributed by atoms with Crippen LogP contribution in [0.2, 0.25) is 0 Å². The molecule has 0 amide bonds. The fraction of sp³-hybridized carbons (Fsp3) is 0.472. The average molecular weight is 872 g/mol. The molecule has 0 saturated heterocycles. The molecule has 2 aromatic rings. The number of carbonyl (C=O) groups is 4. The second-order valence-electron chi connectivity index (χ2n) is 12.2. The fourth-order valence-electron chi connectivity index (χ4n) is 4.95. The lowest BCUT2D eigenvalue weighted by atomic mass is 10.1. The van der Waals surface area contributed by atoms with Gasteiger partial charge in [-0.2, -0.15) is 31.6 Å². The van der Waals surface area contributed by atoms with E-state index in [1.54, 1.807) is 76.2 Å². The number of alkyl halides is 6. The van der Waals surface area contributed by atoms with Gasteiger partial charge in [-0.1, -0.05) is 61.6 Å². The zero-order valence-corrected chi connectivity index (χ0v) is 33.9. The molecule has 1 aliphatic carbocycles. The Bertz CT molecular complexity index is 1780. The molecule has 4 atom stereocenters. The van der Waals surface area contributed by atoms with E-state index in [9.17, 15) is 50.8 Å². The molecule has 0 aromatic heterocycles. The second-order valence-corrected chi connectivity index (χ2v) is 18.8. The van der Waals surface area contributed by atoms with Crippen molar-refractivity contribution >= 4 is 52.8 Å². The molecule has 2 aromatic carbocycles. The van der Waals surface area contributed by atoms with E-state index >= 15 is 0 Å². The number of ether oxygens (including phenoxy) is 5. The third kappa shape index (κ3) is 15.3. The minimum Gasteiger partial charge on any atom is -0.466 e. The fourth-order valence-corrected chi connectivity index (χ4v) is 8.82. The number of esters is 4. The Labute approximate surface area is 334 Å². The van der Waals surface area contributed by atoms with Gasteiger partial charge in [0.1, 0.15) is 22.8 Å². The van der Waals surface area contributed by atoms with Gasteiger partial charge in [0.2, 0.25) is 11.8 Å². The number of allylic oxidation sites excluding steroid dienone is 1. The van der Waals surface area contributed by atoms with Crippen molar-refractivity contribution in [3.05, 3.63) is 72.3 Å². The van der Waals surface area contributed by atoms with E-state index in [1.807, 2.05) is 6.07 Å². The van der Waals surface area contributed by atoms with Crippen molar-refractivity contribution in [2.75, 3.05) is 27.4 Å². The Hall–Kier alpha value is -4.15. The van der Waals surface area contributed by atoms with Gasteiger partial charge in [-0.15, -0.1) is 0 Å². The van der Waals surface area contributed by atoms with E-state index in [2.05, 4.69) is 4.74 Å². The summed E-state index contributed by atoms with van der Waals surface area (Å²) in [7, 11) is 2.81. The molecule has 1 saturated carbocycles. The van der Waals surface area contributed by atoms with Crippen molar-refractivity contribution in [3.8, 4) is 17.6 Å². The van der Waals surface area contributed by atoms with Crippen LogP contribution < -0.4 is 4.74 Å². The van der Waals surface area contributed by atoms with Crippen LogP contribution >= 0.6 is 17.1 Å². The second kappa shape index (κ2) is 21.6. The van der Waals surface area contributed by atoms with Gasteiger partial charge in [-0.25, -0.2) is 4.79 Å². The summed E-state index contributed by atoms with van der Waals surface area (Å²) in [5, 5.41) is 8.78. The molecule has 21 heteroatoms. The molecule has 314 valence electrons. The predicted octanol–water partition coefficient (Wildman–Crippen LogP) is 8.57. The van der Waals surface area contributed by atoms with Crippen LogP contribution in [0.1, 0.15) is 45.8 Å². The van der Waals surface area contributed by atoms with E-state index in [-0.39, 0.29) is 19.6 Å². The third-order valence-corrected chi connectivity index (χ3v) is 13.7. The number of nitrogens with zero attached hydrogens (tertiary/aromatic N) is 1. The van der Waals surface area contributed by atoms with Gasteiger partial charge in [0, 0.05) is 25.9 Å². The third-order valence-electron chi connectivity index (χ3n) is 7.83. The molecule has 0 radical (unpaired) electrons. The number of rotatable bonds is 17. The maximum Gasteiger partial charge on any atom is 0.434 e. The molecular formula is C36H40F6NO11PS2. The zero-order chi connectivity index (χ0) is 43.2. The zero-order valence-electron chi connectivity index (χ0n) is 31.3. The number of hydrogen-bond donors (Lipinski definition) is 0. The van der Waals surface area contributed by atoms with E-state index < -0.39 is 76.6 Å². The number of carbonyl (C=O) groups excluding carboxylic acids is 4. The van der Waals surface area contributed by atoms with E-state index in [1.165, 1.54) is 20.3 Å². The lowest BCUT2D eigenvalue weighted by Gasteiger charge is -2.22. The van der Waals surface area contributed by atoms with Gasteiger partial charge in [-0.05, 0) is 61.3 Å². The highest BCUT2D eigenvalue weighted by molar-refractivity contribution is 8.68. The molecule has 4 unspecified atom stereocenters. The SMILES string of the molecule is CC1(C)C(/C=C\C(=O)OC(C(F)(F)F)C(F)(F)F)C1C(=O)OC(C#N)c1cccc(Oc2ccccc2)c1.CCOC(=O)CC(SP(=S)(OC)OC)C(=O)OCC. The van der Waals surface area contributed by atoms with Gasteiger partial charge in [-0.3, -0.25) is 14.4 Å². The highest BCUT2D eigenvalue weighted by atomic mass is 32.9. The van der Waals surface area contributed by atoms with Gasteiger partial charge in [0.25, 0.3) is 6.10 Å². The maximum absolute atomic E-state index is 12.8. The topological polar surface area (TPSA) is 157 Å². The monoisotopic (exact) mass is 871 g/mol. The van der Waals surface area contributed by atoms with Crippen LogP contribution in [0.15, 0.2) is 66.7 Å². The van der Waals surface area contributed by atoms with Crippen molar-refractivity contribution in [2.24, 2.45) is 17.3 Å². The minimum absolute atomic E-state index is 0.123. The molecule has 0 bridgehead atoms. The molecule has 0 N–H and O–H groups in total. The summed E-state index contributed by atoms with van der Waals surface area (Å²) in [5.41, 5.74) is -3.18. The molecule has 3 rings (SSSR count). The first kappa shape index (κ1) is 49.0. The van der Waals surface area contributed by atoms with Crippen LogP contribution in [0.5, 0.6) is 11.5 Å². The highest BCUT2D eigenvalue weighted by Crippen LogP contribution is 2.62. The molecule has 1 aliphatic rings. The molecular weight excluding hydrogens is 831 g/mol. The lowest BCUT2D eigenvalue weighted by molar-refractivity contribution is -0.312. The van der Waals surface area contributed by atoms with Crippen LogP contribution in [-0.4, -0.2) is 75.0 Å². The summed E-state index contributed by atoms with van der Waals surface area (Å²) in [6.07, 6.45) is -16.0. The maximum atomic E-state index is 12.8. The van der Waals surface area contributed by atoms with E-state index in [0.29, 0.717) is 23.1 Å². The molecule has 0 spiro atoms. The number of hydrogen-bond acceptors (Lipinski definition) is 14. The minimum atomic E-state index is -5.84. The first-order valence-electron chi connectivity index (χ1n) is 16.7. The van der Waals surface area contributed by atoms with Crippen LogP contribution in [0.3, 0.4) is 0 Å². The number of halogens is 6. The van der Waals surface area contributed by atoms with Crippen molar-refractivity contribution in [2.45, 2.75) is 63.9 Å². The van der Waals surface area contributed by atoms with Crippen molar-refractivity contribution in [3.63, 3.8) is 0 Å². The largest absolute Gasteiger partial charge is 0.466 e. The molecule has 12 nitrogen and oxygen atoms in total. The van der Waals surface area contributed by atoms with Crippen molar-refractivity contribution in [1.29, 1.82) is 5.26 Å². The highest BCUT2D eigenvalue weighted by Gasteiger charge is 2.62. The number of para-hydroxylation sites is 1. The molecule has 1 fully saturated rings. The Morgan fingerprint density at radius 2 is 1.49 bits per heavy atom. The summed E-state index contributed by atoms with van der Waals surface area (Å²) in [4.78, 5) is 47.7. The summed E-state index contributed by atoms with van der Waals surface area (Å²) in [5.74, 6) is -4.46. The standard InChI is InChI=1S/C26H21F6NO5.C10H19O6PS2/c1-24(2)18(11-12-20(34)38-23(25(27,28)29)26(30,31)32)21(24)22(35)37-19(14-33)15-7-6-10-17(13-15)36-16-8-4-3-5-9-16;1-5-15-9(11)7-8(10(12)16-6-2)19-17(18,13-3)14-4/h3-13,18-19,21,23H,1-2H3;8H,5-7H2,1-4H3/b12-11-;. The molecule has 0 aliphatic heterocycles. The lowest BCUT2D eigenvalue weighted by Crippen LogP contribution is -2.45. The Morgan fingerprint density at radius 3 is 2.02 bits per heavy atom. The van der Waals surface area contributed by atoms with Gasteiger partial charge in [0.15, 0.2) is 0 Å². The predicted molar refractivity (Wildman–Crippen MR) is 197 cm³/mol. The molecule has 57 heavy (non-hydrogen) atoms. The van der Waals surface area contributed by atoms with E-state index in [0.717, 1.165) is 17.5 Å². The average Bonchev–Trinajstić information content (AvgIpc) is 3.71. The van der Waals surface area contributed by atoms with E-state index in [4.69, 9.17) is 39.8 Å². The normalized spacial score (nSPS) is 17.3. The number of nitriles is 1. The smallest absolute Gasteiger partial charge is 0.434 e. The van der Waals surface area contributed by atoms with Crippen LogP contribution in [0, 0.1) is 28.6 Å². The van der Waals surface area contributed by atoms with Gasteiger partial charge in [0.05, 0.1) is 25.6 Å². The summed E-state index contributed by atoms with van der Waals surface area (Å²) in [6.45, 7) is 7.03. The van der Waals surface area contributed by atoms with Gasteiger partial charge >= 0.3 is 36.2 Å². The van der Waals surface area contributed by atoms with Crippen LogP contribution in [0.4, 0.5) is 26.3 Å². The van der Waals surface area contributed by atoms with Crippen LogP contribution in [-0.2, 0) is 59.0 Å². The summed E-state index contributed by atoms with van der Waals surface area (Å²) in [6, 6.07) is 16.9. The first-order valence-corrected chi connectivity index (χ1v) is 20.9.